The minimum atomic E-state index is -0.977. The van der Waals surface area contributed by atoms with Crippen LogP contribution in [0.5, 0.6) is 0 Å². The van der Waals surface area contributed by atoms with Gasteiger partial charge < -0.3 is 15.3 Å². The van der Waals surface area contributed by atoms with Crippen LogP contribution in [0.1, 0.15) is 36.0 Å². The van der Waals surface area contributed by atoms with Crippen molar-refractivity contribution in [3.63, 3.8) is 0 Å². The molecule has 5 nitrogen and oxygen atoms in total. The number of nitrogens with zero attached hydrogens (tertiary/aromatic N) is 1. The van der Waals surface area contributed by atoms with E-state index >= 15 is 0 Å². The molecule has 2 aliphatic rings. The lowest BCUT2D eigenvalue weighted by Gasteiger charge is -2.35. The van der Waals surface area contributed by atoms with Crippen molar-refractivity contribution in [2.24, 2.45) is 0 Å². The fourth-order valence-electron chi connectivity index (χ4n) is 2.99. The van der Waals surface area contributed by atoms with Crippen LogP contribution in [0.2, 0.25) is 0 Å². The number of fused-ring (bicyclic) bond motifs is 1. The molecule has 1 fully saturated rings. The largest absolute Gasteiger partial charge is 0.478 e. The van der Waals surface area contributed by atoms with Gasteiger partial charge in [-0.2, -0.15) is 0 Å². The Bertz CT molecular complexity index is 535. The minimum absolute atomic E-state index is 0.0676. The third kappa shape index (κ3) is 2.16. The zero-order chi connectivity index (χ0) is 13.4. The van der Waals surface area contributed by atoms with Crippen LogP contribution < -0.4 is 10.2 Å². The molecule has 0 aromatic heterocycles. The third-order valence-electron chi connectivity index (χ3n) is 3.91. The monoisotopic (exact) mass is 260 g/mol. The quantitative estimate of drug-likeness (QED) is 0.854. The highest BCUT2D eigenvalue weighted by Gasteiger charge is 2.30. The molecule has 19 heavy (non-hydrogen) atoms. The summed E-state index contributed by atoms with van der Waals surface area (Å²) < 4.78 is 0. The van der Waals surface area contributed by atoms with Gasteiger partial charge in [0.05, 0.1) is 23.5 Å². The second kappa shape index (κ2) is 4.57. The zero-order valence-electron chi connectivity index (χ0n) is 10.6. The first-order valence-corrected chi connectivity index (χ1v) is 6.59. The maximum absolute atomic E-state index is 11.8. The van der Waals surface area contributed by atoms with E-state index in [1.165, 1.54) is 18.9 Å². The number of benzene rings is 1. The van der Waals surface area contributed by atoms with E-state index < -0.39 is 5.97 Å². The van der Waals surface area contributed by atoms with E-state index in [4.69, 9.17) is 5.11 Å². The van der Waals surface area contributed by atoms with Gasteiger partial charge in [-0.3, -0.25) is 4.79 Å². The molecule has 0 bridgehead atoms. The van der Waals surface area contributed by atoms with Gasteiger partial charge >= 0.3 is 5.97 Å². The Morgan fingerprint density at radius 3 is 2.74 bits per heavy atom. The van der Waals surface area contributed by atoms with Crippen LogP contribution in [-0.4, -0.2) is 29.6 Å². The van der Waals surface area contributed by atoms with Crippen molar-refractivity contribution in [2.45, 2.75) is 31.7 Å². The maximum Gasteiger partial charge on any atom is 0.335 e. The van der Waals surface area contributed by atoms with Gasteiger partial charge in [0.2, 0.25) is 5.91 Å². The summed E-state index contributed by atoms with van der Waals surface area (Å²) in [5.41, 5.74) is 1.76. The van der Waals surface area contributed by atoms with E-state index in [1.54, 1.807) is 12.1 Å². The van der Waals surface area contributed by atoms with Gasteiger partial charge in [0, 0.05) is 6.04 Å². The fourth-order valence-corrected chi connectivity index (χ4v) is 2.99. The molecule has 0 radical (unpaired) electrons. The van der Waals surface area contributed by atoms with Crippen LogP contribution in [-0.2, 0) is 4.79 Å². The highest BCUT2D eigenvalue weighted by Crippen LogP contribution is 2.35. The molecular formula is C14H16N2O3. The van der Waals surface area contributed by atoms with Gasteiger partial charge in [-0.25, -0.2) is 4.79 Å². The first kappa shape index (κ1) is 12.0. The van der Waals surface area contributed by atoms with E-state index in [9.17, 15) is 9.59 Å². The van der Waals surface area contributed by atoms with E-state index in [-0.39, 0.29) is 11.5 Å². The molecule has 1 aliphatic carbocycles. The predicted octanol–water partition coefficient (Wildman–Crippen LogP) is 2.09. The zero-order valence-corrected chi connectivity index (χ0v) is 10.6. The van der Waals surface area contributed by atoms with Crippen LogP contribution in [0, 0.1) is 0 Å². The molecule has 0 atom stereocenters. The molecule has 1 aliphatic heterocycles. The Balaban J connectivity index is 1.98. The number of amides is 1. The first-order valence-electron chi connectivity index (χ1n) is 6.59. The predicted molar refractivity (Wildman–Crippen MR) is 71.6 cm³/mol. The highest BCUT2D eigenvalue weighted by atomic mass is 16.4. The molecule has 0 saturated heterocycles. The normalized spacial score (nSPS) is 19.2. The summed E-state index contributed by atoms with van der Waals surface area (Å²) in [5, 5.41) is 11.8. The van der Waals surface area contributed by atoms with Crippen LogP contribution >= 0.6 is 0 Å². The Kier molecular flexibility index (Phi) is 2.89. The number of hydrogen-bond acceptors (Lipinski definition) is 3. The number of carbonyl (C=O) groups is 2. The van der Waals surface area contributed by atoms with Crippen molar-refractivity contribution < 1.29 is 14.7 Å². The molecule has 1 aromatic rings. The van der Waals surface area contributed by atoms with Crippen molar-refractivity contribution in [3.05, 3.63) is 23.8 Å². The van der Waals surface area contributed by atoms with Gasteiger partial charge in [0.1, 0.15) is 0 Å². The smallest absolute Gasteiger partial charge is 0.335 e. The number of hydrogen-bond donors (Lipinski definition) is 2. The average Bonchev–Trinajstić information content (AvgIpc) is 2.90. The van der Waals surface area contributed by atoms with Crippen molar-refractivity contribution in [1.82, 2.24) is 0 Å². The second-order valence-electron chi connectivity index (χ2n) is 5.15. The molecule has 0 spiro atoms. The molecular weight excluding hydrogens is 244 g/mol. The van der Waals surface area contributed by atoms with Crippen molar-refractivity contribution in [3.8, 4) is 0 Å². The average molecular weight is 260 g/mol. The number of rotatable bonds is 2. The number of carboxylic acids is 1. The van der Waals surface area contributed by atoms with Crippen LogP contribution in [0.4, 0.5) is 11.4 Å². The molecule has 1 heterocycles. The standard InChI is InChI=1S/C14H16N2O3/c17-13-8-16(10-3-1-2-4-10)12-6-5-9(14(18)19)7-11(12)15-13/h5-7,10H,1-4,8H2,(H,15,17)(H,18,19). The van der Waals surface area contributed by atoms with Gasteiger partial charge in [-0.05, 0) is 31.0 Å². The summed E-state index contributed by atoms with van der Waals surface area (Å²) in [7, 11) is 0. The number of anilines is 2. The maximum atomic E-state index is 11.8. The molecule has 1 amide bonds. The van der Waals surface area contributed by atoms with Gasteiger partial charge in [-0.15, -0.1) is 0 Å². The van der Waals surface area contributed by atoms with Crippen molar-refractivity contribution >= 4 is 23.3 Å². The Labute approximate surface area is 111 Å². The molecule has 3 rings (SSSR count). The third-order valence-corrected chi connectivity index (χ3v) is 3.91. The minimum Gasteiger partial charge on any atom is -0.478 e. The lowest BCUT2D eigenvalue weighted by Crippen LogP contribution is -2.43. The second-order valence-corrected chi connectivity index (χ2v) is 5.15. The molecule has 0 unspecified atom stereocenters. The van der Waals surface area contributed by atoms with Gasteiger partial charge in [0.25, 0.3) is 0 Å². The van der Waals surface area contributed by atoms with E-state index in [0.717, 1.165) is 18.5 Å². The first-order chi connectivity index (χ1) is 9.15. The lowest BCUT2D eigenvalue weighted by molar-refractivity contribution is -0.115. The number of aromatic carboxylic acids is 1. The van der Waals surface area contributed by atoms with E-state index in [2.05, 4.69) is 10.2 Å². The van der Waals surface area contributed by atoms with Crippen molar-refractivity contribution in [2.75, 3.05) is 16.8 Å². The van der Waals surface area contributed by atoms with E-state index in [1.807, 2.05) is 0 Å². The number of carboxylic acid groups (broad SMARTS) is 1. The summed E-state index contributed by atoms with van der Waals surface area (Å²) in [4.78, 5) is 24.9. The fraction of sp³-hybridized carbons (Fsp3) is 0.429. The summed E-state index contributed by atoms with van der Waals surface area (Å²) in [6.07, 6.45) is 4.61. The topological polar surface area (TPSA) is 69.6 Å². The van der Waals surface area contributed by atoms with Crippen LogP contribution in [0.3, 0.4) is 0 Å². The summed E-state index contributed by atoms with van der Waals surface area (Å²) >= 11 is 0. The number of nitrogens with one attached hydrogen (secondary N) is 1. The summed E-state index contributed by atoms with van der Waals surface area (Å²) in [6.45, 7) is 0.365. The lowest BCUT2D eigenvalue weighted by atomic mass is 10.1. The molecule has 2 N–H and O–H groups in total. The molecule has 5 heteroatoms. The Morgan fingerprint density at radius 1 is 1.32 bits per heavy atom. The van der Waals surface area contributed by atoms with E-state index in [0.29, 0.717) is 18.3 Å². The van der Waals surface area contributed by atoms with Crippen molar-refractivity contribution in [1.29, 1.82) is 0 Å². The molecule has 1 aromatic carbocycles. The van der Waals surface area contributed by atoms with Gasteiger partial charge in [0.15, 0.2) is 0 Å². The van der Waals surface area contributed by atoms with Gasteiger partial charge in [-0.1, -0.05) is 12.8 Å². The molecule has 1 saturated carbocycles. The summed E-state index contributed by atoms with van der Waals surface area (Å²) in [6, 6.07) is 5.34. The van der Waals surface area contributed by atoms with Crippen LogP contribution in [0.25, 0.3) is 0 Å². The summed E-state index contributed by atoms with van der Waals surface area (Å²) in [5.74, 6) is -1.04. The Hall–Kier alpha value is -2.04. The Morgan fingerprint density at radius 2 is 2.05 bits per heavy atom. The molecule has 100 valence electrons. The highest BCUT2D eigenvalue weighted by molar-refractivity contribution is 6.03. The SMILES string of the molecule is O=C1CN(C2CCCC2)c2ccc(C(=O)O)cc2N1. The van der Waals surface area contributed by atoms with Crippen LogP contribution in [0.15, 0.2) is 18.2 Å². The number of carbonyl (C=O) groups excluding carboxylic acids is 1.